The molecule has 0 bridgehead atoms. The van der Waals surface area contributed by atoms with E-state index in [1.54, 1.807) is 0 Å². The van der Waals surface area contributed by atoms with Crippen LogP contribution >= 0.6 is 0 Å². The normalized spacial score (nSPS) is 18.9. The minimum atomic E-state index is 0.485. The number of nitrogens with zero attached hydrogens (tertiary/aromatic N) is 2. The van der Waals surface area contributed by atoms with Gasteiger partial charge in [0.1, 0.15) is 5.82 Å². The van der Waals surface area contributed by atoms with Gasteiger partial charge in [-0.05, 0) is 49.3 Å². The molecule has 0 aromatic carbocycles. The topological polar surface area (TPSA) is 28.2 Å². The third-order valence-corrected chi connectivity index (χ3v) is 4.23. The van der Waals surface area contributed by atoms with Gasteiger partial charge >= 0.3 is 0 Å². The van der Waals surface area contributed by atoms with Crippen LogP contribution in [0.1, 0.15) is 52.0 Å². The van der Waals surface area contributed by atoms with Crippen LogP contribution in [-0.4, -0.2) is 24.6 Å². The van der Waals surface area contributed by atoms with Gasteiger partial charge in [0.25, 0.3) is 0 Å². The van der Waals surface area contributed by atoms with Crippen molar-refractivity contribution in [2.45, 2.75) is 53.0 Å². The first-order valence-electron chi connectivity index (χ1n) is 8.01. The van der Waals surface area contributed by atoms with Gasteiger partial charge in [-0.3, -0.25) is 0 Å². The maximum absolute atomic E-state index is 4.66. The van der Waals surface area contributed by atoms with Gasteiger partial charge in [-0.1, -0.05) is 26.8 Å². The van der Waals surface area contributed by atoms with Gasteiger partial charge in [0.15, 0.2) is 0 Å². The molecule has 0 spiro atoms. The van der Waals surface area contributed by atoms with E-state index >= 15 is 0 Å². The highest BCUT2D eigenvalue weighted by Gasteiger charge is 2.23. The van der Waals surface area contributed by atoms with Gasteiger partial charge in [0.05, 0.1) is 0 Å². The Balaban J connectivity index is 1.92. The molecule has 3 nitrogen and oxygen atoms in total. The molecule has 0 unspecified atom stereocenters. The monoisotopic (exact) mass is 275 g/mol. The van der Waals surface area contributed by atoms with Crippen LogP contribution in [0.3, 0.4) is 0 Å². The Morgan fingerprint density at radius 1 is 1.25 bits per heavy atom. The number of hydrogen-bond donors (Lipinski definition) is 1. The molecule has 2 rings (SSSR count). The lowest BCUT2D eigenvalue weighted by Crippen LogP contribution is -2.26. The molecular formula is C17H29N3. The lowest BCUT2D eigenvalue weighted by atomic mass is 9.85. The Morgan fingerprint density at radius 3 is 2.80 bits per heavy atom. The summed E-state index contributed by atoms with van der Waals surface area (Å²) in [5, 5.41) is 3.42. The highest BCUT2D eigenvalue weighted by atomic mass is 15.2. The van der Waals surface area contributed by atoms with Crippen LogP contribution < -0.4 is 10.2 Å². The first-order valence-corrected chi connectivity index (χ1v) is 8.01. The molecule has 1 fully saturated rings. The summed E-state index contributed by atoms with van der Waals surface area (Å²) in [7, 11) is 0. The molecule has 20 heavy (non-hydrogen) atoms. The van der Waals surface area contributed by atoms with Crippen molar-refractivity contribution in [1.82, 2.24) is 10.3 Å². The maximum Gasteiger partial charge on any atom is 0.128 e. The summed E-state index contributed by atoms with van der Waals surface area (Å²) in [6.45, 7) is 11.2. The van der Waals surface area contributed by atoms with E-state index in [1.807, 2.05) is 6.20 Å². The molecule has 0 saturated carbocycles. The van der Waals surface area contributed by atoms with Crippen molar-refractivity contribution in [3.63, 3.8) is 0 Å². The van der Waals surface area contributed by atoms with E-state index in [-0.39, 0.29) is 0 Å². The zero-order valence-electron chi connectivity index (χ0n) is 13.3. The maximum atomic E-state index is 4.66. The standard InChI is InChI=1S/C17H29N3/c1-4-10-18-13-15-6-7-16(19-14-15)20-11-5-8-17(2,3)9-12-20/h6-7,14,18H,4-5,8-13H2,1-3H3. The van der Waals surface area contributed by atoms with Crippen molar-refractivity contribution in [1.29, 1.82) is 0 Å². The summed E-state index contributed by atoms with van der Waals surface area (Å²) >= 11 is 0. The fourth-order valence-electron chi connectivity index (χ4n) is 2.77. The molecule has 3 heteroatoms. The third kappa shape index (κ3) is 4.48. The van der Waals surface area contributed by atoms with Gasteiger partial charge in [-0.2, -0.15) is 0 Å². The predicted molar refractivity (Wildman–Crippen MR) is 86.1 cm³/mol. The average molecular weight is 275 g/mol. The van der Waals surface area contributed by atoms with Crippen LogP contribution in [-0.2, 0) is 6.54 Å². The summed E-state index contributed by atoms with van der Waals surface area (Å²) in [5.74, 6) is 1.14. The second-order valence-corrected chi connectivity index (χ2v) is 6.71. The highest BCUT2D eigenvalue weighted by Crippen LogP contribution is 2.31. The van der Waals surface area contributed by atoms with Gasteiger partial charge in [0, 0.05) is 25.8 Å². The van der Waals surface area contributed by atoms with Crippen LogP contribution in [0.2, 0.25) is 0 Å². The van der Waals surface area contributed by atoms with Crippen LogP contribution in [0.5, 0.6) is 0 Å². The van der Waals surface area contributed by atoms with Crippen molar-refractivity contribution in [2.75, 3.05) is 24.5 Å². The summed E-state index contributed by atoms with van der Waals surface area (Å²) < 4.78 is 0. The van der Waals surface area contributed by atoms with E-state index in [0.717, 1.165) is 32.0 Å². The number of rotatable bonds is 5. The summed E-state index contributed by atoms with van der Waals surface area (Å²) in [4.78, 5) is 7.10. The SMILES string of the molecule is CCCNCc1ccc(N2CCCC(C)(C)CC2)nc1. The van der Waals surface area contributed by atoms with Crippen molar-refractivity contribution in [3.8, 4) is 0 Å². The zero-order valence-corrected chi connectivity index (χ0v) is 13.3. The van der Waals surface area contributed by atoms with E-state index in [2.05, 4.69) is 48.1 Å². The van der Waals surface area contributed by atoms with Crippen molar-refractivity contribution >= 4 is 5.82 Å². The van der Waals surface area contributed by atoms with E-state index < -0.39 is 0 Å². The fourth-order valence-corrected chi connectivity index (χ4v) is 2.77. The Morgan fingerprint density at radius 2 is 2.10 bits per heavy atom. The molecule has 1 saturated heterocycles. The molecule has 0 atom stereocenters. The van der Waals surface area contributed by atoms with Crippen LogP contribution in [0, 0.1) is 5.41 Å². The zero-order chi connectivity index (χ0) is 14.4. The first-order chi connectivity index (χ1) is 9.61. The number of pyridine rings is 1. The first kappa shape index (κ1) is 15.3. The second-order valence-electron chi connectivity index (χ2n) is 6.71. The lowest BCUT2D eigenvalue weighted by molar-refractivity contribution is 0.325. The number of anilines is 1. The number of hydrogen-bond acceptors (Lipinski definition) is 3. The van der Waals surface area contributed by atoms with Gasteiger partial charge in [0.2, 0.25) is 0 Å². The quantitative estimate of drug-likeness (QED) is 0.832. The van der Waals surface area contributed by atoms with Crippen LogP contribution in [0.25, 0.3) is 0 Å². The molecule has 0 radical (unpaired) electrons. The molecule has 0 aliphatic carbocycles. The molecule has 1 aromatic rings. The second kappa shape index (κ2) is 7.07. The van der Waals surface area contributed by atoms with Crippen LogP contribution in [0.15, 0.2) is 18.3 Å². The summed E-state index contributed by atoms with van der Waals surface area (Å²) in [6.07, 6.45) is 7.05. The third-order valence-electron chi connectivity index (χ3n) is 4.23. The molecule has 112 valence electrons. The van der Waals surface area contributed by atoms with Gasteiger partial charge < -0.3 is 10.2 Å². The molecule has 1 aliphatic heterocycles. The van der Waals surface area contributed by atoms with E-state index in [0.29, 0.717) is 5.41 Å². The Kier molecular flexibility index (Phi) is 5.41. The molecule has 0 amide bonds. The molecule has 2 heterocycles. The Hall–Kier alpha value is -1.09. The largest absolute Gasteiger partial charge is 0.357 e. The molecule has 1 N–H and O–H groups in total. The Bertz CT molecular complexity index is 397. The molecular weight excluding hydrogens is 246 g/mol. The summed E-state index contributed by atoms with van der Waals surface area (Å²) in [5.41, 5.74) is 1.76. The minimum absolute atomic E-state index is 0.485. The smallest absolute Gasteiger partial charge is 0.128 e. The van der Waals surface area contributed by atoms with Gasteiger partial charge in [-0.15, -0.1) is 0 Å². The minimum Gasteiger partial charge on any atom is -0.357 e. The molecule has 1 aliphatic rings. The highest BCUT2D eigenvalue weighted by molar-refractivity contribution is 5.39. The molecule has 1 aromatic heterocycles. The van der Waals surface area contributed by atoms with Crippen molar-refractivity contribution < 1.29 is 0 Å². The van der Waals surface area contributed by atoms with E-state index in [4.69, 9.17) is 0 Å². The van der Waals surface area contributed by atoms with E-state index in [9.17, 15) is 0 Å². The van der Waals surface area contributed by atoms with Crippen molar-refractivity contribution in [3.05, 3.63) is 23.9 Å². The number of nitrogens with one attached hydrogen (secondary N) is 1. The van der Waals surface area contributed by atoms with Crippen molar-refractivity contribution in [2.24, 2.45) is 5.41 Å². The Labute approximate surface area is 123 Å². The van der Waals surface area contributed by atoms with Crippen LogP contribution in [0.4, 0.5) is 5.82 Å². The predicted octanol–water partition coefficient (Wildman–Crippen LogP) is 3.60. The fraction of sp³-hybridized carbons (Fsp3) is 0.706. The average Bonchev–Trinajstić information content (AvgIpc) is 2.61. The number of aromatic nitrogens is 1. The summed E-state index contributed by atoms with van der Waals surface area (Å²) in [6, 6.07) is 4.39. The van der Waals surface area contributed by atoms with E-state index in [1.165, 1.54) is 31.2 Å². The lowest BCUT2D eigenvalue weighted by Gasteiger charge is -2.24. The van der Waals surface area contributed by atoms with Gasteiger partial charge in [-0.25, -0.2) is 4.98 Å².